The van der Waals surface area contributed by atoms with Crippen LogP contribution in [-0.2, 0) is 13.6 Å². The van der Waals surface area contributed by atoms with Crippen LogP contribution in [0.1, 0.15) is 22.5 Å². The summed E-state index contributed by atoms with van der Waals surface area (Å²) in [4.78, 5) is 10.4. The van der Waals surface area contributed by atoms with Gasteiger partial charge in [-0.1, -0.05) is 6.07 Å². The van der Waals surface area contributed by atoms with Crippen molar-refractivity contribution in [1.82, 2.24) is 9.78 Å². The highest BCUT2D eigenvalue weighted by atomic mass is 16.6. The number of nitrogens with zero attached hydrogens (tertiary/aromatic N) is 3. The molecule has 1 heterocycles. The molecule has 0 bridgehead atoms. The van der Waals surface area contributed by atoms with E-state index in [1.165, 1.54) is 6.07 Å². The molecule has 1 N–H and O–H groups in total. The highest BCUT2D eigenvalue weighted by Crippen LogP contribution is 2.23. The molecule has 0 radical (unpaired) electrons. The first kappa shape index (κ1) is 14.0. The maximum atomic E-state index is 10.8. The number of non-ortho nitro benzene ring substituents is 1. The second-order valence-electron chi connectivity index (χ2n) is 4.88. The van der Waals surface area contributed by atoms with Crippen LogP contribution in [0.15, 0.2) is 18.2 Å². The molecule has 0 aliphatic rings. The summed E-state index contributed by atoms with van der Waals surface area (Å²) in [6.07, 6.45) is 0. The number of benzene rings is 1. The normalized spacial score (nSPS) is 10.6. The Morgan fingerprint density at radius 1 is 1.35 bits per heavy atom. The van der Waals surface area contributed by atoms with Crippen LogP contribution in [0.5, 0.6) is 0 Å². The zero-order chi connectivity index (χ0) is 14.9. The quantitative estimate of drug-likeness (QED) is 0.687. The molecular weight excluding hydrogens is 256 g/mol. The summed E-state index contributed by atoms with van der Waals surface area (Å²) in [5.41, 5.74) is 5.05. The number of aromatic nitrogens is 2. The molecule has 0 fully saturated rings. The van der Waals surface area contributed by atoms with Crippen LogP contribution >= 0.6 is 0 Å². The summed E-state index contributed by atoms with van der Waals surface area (Å²) >= 11 is 0. The molecule has 0 amide bonds. The number of rotatable bonds is 4. The van der Waals surface area contributed by atoms with Gasteiger partial charge >= 0.3 is 0 Å². The van der Waals surface area contributed by atoms with Gasteiger partial charge in [0.1, 0.15) is 0 Å². The highest BCUT2D eigenvalue weighted by Gasteiger charge is 2.11. The Morgan fingerprint density at radius 3 is 2.60 bits per heavy atom. The van der Waals surface area contributed by atoms with E-state index in [-0.39, 0.29) is 10.6 Å². The molecule has 0 saturated carbocycles. The van der Waals surface area contributed by atoms with Crippen molar-refractivity contribution in [1.29, 1.82) is 0 Å². The average molecular weight is 274 g/mol. The van der Waals surface area contributed by atoms with Crippen LogP contribution in [-0.4, -0.2) is 14.7 Å². The minimum atomic E-state index is -0.384. The van der Waals surface area contributed by atoms with Gasteiger partial charge in [-0.3, -0.25) is 14.8 Å². The Balaban J connectivity index is 2.22. The van der Waals surface area contributed by atoms with Crippen LogP contribution in [0.25, 0.3) is 0 Å². The number of hydrogen-bond acceptors (Lipinski definition) is 4. The van der Waals surface area contributed by atoms with E-state index in [2.05, 4.69) is 10.4 Å². The molecule has 0 aliphatic heterocycles. The summed E-state index contributed by atoms with van der Waals surface area (Å²) in [6, 6.07) is 4.83. The SMILES string of the molecule is Cc1ccc([N+](=O)[O-])cc1NCc1c(C)nn(C)c1C. The smallest absolute Gasteiger partial charge is 0.271 e. The number of nitrogens with one attached hydrogen (secondary N) is 1. The van der Waals surface area contributed by atoms with Crippen LogP contribution in [0, 0.1) is 30.9 Å². The Hall–Kier alpha value is -2.37. The monoisotopic (exact) mass is 274 g/mol. The van der Waals surface area contributed by atoms with Crippen LogP contribution < -0.4 is 5.32 Å². The lowest BCUT2D eigenvalue weighted by Crippen LogP contribution is -2.04. The molecule has 6 heteroatoms. The second-order valence-corrected chi connectivity index (χ2v) is 4.88. The fourth-order valence-electron chi connectivity index (χ4n) is 2.17. The summed E-state index contributed by atoms with van der Waals surface area (Å²) < 4.78 is 1.84. The van der Waals surface area contributed by atoms with Crippen LogP contribution in [0.3, 0.4) is 0 Å². The summed E-state index contributed by atoms with van der Waals surface area (Å²) in [5.74, 6) is 0. The number of aryl methyl sites for hydroxylation is 3. The molecule has 0 aliphatic carbocycles. The number of hydrogen-bond donors (Lipinski definition) is 1. The Kier molecular flexibility index (Phi) is 3.74. The molecule has 6 nitrogen and oxygen atoms in total. The zero-order valence-corrected chi connectivity index (χ0v) is 12.1. The second kappa shape index (κ2) is 5.32. The van der Waals surface area contributed by atoms with Crippen molar-refractivity contribution >= 4 is 11.4 Å². The van der Waals surface area contributed by atoms with Gasteiger partial charge in [0.05, 0.1) is 10.6 Å². The van der Waals surface area contributed by atoms with E-state index in [9.17, 15) is 10.1 Å². The number of nitro benzene ring substituents is 1. The predicted molar refractivity (Wildman–Crippen MR) is 77.8 cm³/mol. The molecule has 106 valence electrons. The Labute approximate surface area is 117 Å². The molecule has 2 rings (SSSR count). The van der Waals surface area contributed by atoms with Gasteiger partial charge in [0, 0.05) is 42.7 Å². The third kappa shape index (κ3) is 2.64. The zero-order valence-electron chi connectivity index (χ0n) is 12.1. The van der Waals surface area contributed by atoms with Gasteiger partial charge in [-0.25, -0.2) is 0 Å². The third-order valence-corrected chi connectivity index (χ3v) is 3.55. The largest absolute Gasteiger partial charge is 0.380 e. The topological polar surface area (TPSA) is 73.0 Å². The van der Waals surface area contributed by atoms with E-state index in [1.54, 1.807) is 12.1 Å². The van der Waals surface area contributed by atoms with Crippen molar-refractivity contribution in [2.24, 2.45) is 7.05 Å². The van der Waals surface area contributed by atoms with E-state index < -0.39 is 0 Å². The molecule has 20 heavy (non-hydrogen) atoms. The first-order chi connectivity index (χ1) is 9.40. The van der Waals surface area contributed by atoms with Crippen molar-refractivity contribution in [3.05, 3.63) is 50.8 Å². The molecule has 1 aromatic carbocycles. The van der Waals surface area contributed by atoms with Crippen molar-refractivity contribution < 1.29 is 4.92 Å². The fraction of sp³-hybridized carbons (Fsp3) is 0.357. The molecule has 2 aromatic rings. The highest BCUT2D eigenvalue weighted by molar-refractivity contribution is 5.57. The van der Waals surface area contributed by atoms with Crippen molar-refractivity contribution in [3.8, 4) is 0 Å². The molecule has 0 unspecified atom stereocenters. The van der Waals surface area contributed by atoms with Crippen molar-refractivity contribution in [2.45, 2.75) is 27.3 Å². The van der Waals surface area contributed by atoms with Crippen molar-refractivity contribution in [3.63, 3.8) is 0 Å². The first-order valence-electron chi connectivity index (χ1n) is 6.38. The van der Waals surface area contributed by atoms with Gasteiger partial charge in [-0.05, 0) is 26.3 Å². The van der Waals surface area contributed by atoms with E-state index in [0.717, 1.165) is 28.2 Å². The summed E-state index contributed by atoms with van der Waals surface area (Å²) in [5, 5.41) is 18.4. The van der Waals surface area contributed by atoms with E-state index in [0.29, 0.717) is 6.54 Å². The third-order valence-electron chi connectivity index (χ3n) is 3.55. The lowest BCUT2D eigenvalue weighted by atomic mass is 10.1. The Morgan fingerprint density at radius 2 is 2.05 bits per heavy atom. The fourth-order valence-corrected chi connectivity index (χ4v) is 2.17. The van der Waals surface area contributed by atoms with Gasteiger partial charge in [-0.2, -0.15) is 5.10 Å². The van der Waals surface area contributed by atoms with E-state index >= 15 is 0 Å². The first-order valence-corrected chi connectivity index (χ1v) is 6.38. The van der Waals surface area contributed by atoms with Crippen LogP contribution in [0.2, 0.25) is 0 Å². The summed E-state index contributed by atoms with van der Waals surface area (Å²) in [6.45, 7) is 6.50. The van der Waals surface area contributed by atoms with E-state index in [1.807, 2.05) is 32.5 Å². The predicted octanol–water partition coefficient (Wildman–Crippen LogP) is 2.87. The average Bonchev–Trinajstić information content (AvgIpc) is 2.63. The standard InChI is InChI=1S/C14H18N4O2/c1-9-5-6-12(18(19)20)7-14(9)15-8-13-10(2)16-17(4)11(13)3/h5-7,15H,8H2,1-4H3. The minimum Gasteiger partial charge on any atom is -0.380 e. The van der Waals surface area contributed by atoms with Gasteiger partial charge in [0.15, 0.2) is 0 Å². The van der Waals surface area contributed by atoms with Crippen LogP contribution in [0.4, 0.5) is 11.4 Å². The van der Waals surface area contributed by atoms with E-state index in [4.69, 9.17) is 0 Å². The van der Waals surface area contributed by atoms with Gasteiger partial charge in [-0.15, -0.1) is 0 Å². The molecule has 0 atom stereocenters. The lowest BCUT2D eigenvalue weighted by molar-refractivity contribution is -0.384. The minimum absolute atomic E-state index is 0.0951. The molecule has 0 saturated heterocycles. The molecule has 0 spiro atoms. The maximum Gasteiger partial charge on any atom is 0.271 e. The molecular formula is C14H18N4O2. The number of nitro groups is 1. The van der Waals surface area contributed by atoms with Gasteiger partial charge < -0.3 is 5.32 Å². The lowest BCUT2D eigenvalue weighted by Gasteiger charge is -2.09. The molecule has 1 aromatic heterocycles. The number of anilines is 1. The Bertz CT molecular complexity index is 661. The van der Waals surface area contributed by atoms with Crippen molar-refractivity contribution in [2.75, 3.05) is 5.32 Å². The maximum absolute atomic E-state index is 10.8. The summed E-state index contributed by atoms with van der Waals surface area (Å²) in [7, 11) is 1.91. The van der Waals surface area contributed by atoms with Gasteiger partial charge in [0.25, 0.3) is 5.69 Å². The van der Waals surface area contributed by atoms with Gasteiger partial charge in [0.2, 0.25) is 0 Å².